The number of aromatic amines is 1. The molecule has 2 aromatic rings. The van der Waals surface area contributed by atoms with E-state index in [9.17, 15) is 0 Å². The molecule has 0 aliphatic rings. The predicted molar refractivity (Wildman–Crippen MR) is 58.9 cm³/mol. The lowest BCUT2D eigenvalue weighted by Gasteiger charge is -1.98. The van der Waals surface area contributed by atoms with Crippen LogP contribution < -0.4 is 4.74 Å². The topological polar surface area (TPSA) is 48.8 Å². The molecule has 0 atom stereocenters. The Labute approximate surface area is 88.3 Å². The van der Waals surface area contributed by atoms with E-state index in [4.69, 9.17) is 10.00 Å². The van der Waals surface area contributed by atoms with E-state index in [1.54, 1.807) is 7.11 Å². The zero-order valence-electron chi connectivity index (χ0n) is 8.79. The third-order valence-corrected chi connectivity index (χ3v) is 2.55. The lowest BCUT2D eigenvalue weighted by molar-refractivity contribution is 0.415. The monoisotopic (exact) mass is 200 g/mol. The Hall–Kier alpha value is -1.95. The van der Waals surface area contributed by atoms with Gasteiger partial charge in [0, 0.05) is 16.6 Å². The molecule has 0 bridgehead atoms. The van der Waals surface area contributed by atoms with Crippen LogP contribution in [0.25, 0.3) is 10.9 Å². The molecule has 15 heavy (non-hydrogen) atoms. The minimum absolute atomic E-state index is 0.728. The second-order valence-electron chi connectivity index (χ2n) is 3.36. The van der Waals surface area contributed by atoms with Gasteiger partial charge in [0.15, 0.2) is 0 Å². The number of nitrogens with zero attached hydrogens (tertiary/aromatic N) is 1. The number of H-pyrrole nitrogens is 1. The highest BCUT2D eigenvalue weighted by molar-refractivity contribution is 5.88. The number of aromatic nitrogens is 1. The molecule has 0 aliphatic heterocycles. The van der Waals surface area contributed by atoms with Gasteiger partial charge < -0.3 is 9.72 Å². The second-order valence-corrected chi connectivity index (χ2v) is 3.36. The van der Waals surface area contributed by atoms with E-state index >= 15 is 0 Å². The molecule has 1 aromatic carbocycles. The van der Waals surface area contributed by atoms with Gasteiger partial charge >= 0.3 is 0 Å². The number of hydrogen-bond acceptors (Lipinski definition) is 2. The first-order valence-electron chi connectivity index (χ1n) is 4.88. The third kappa shape index (κ3) is 1.44. The lowest BCUT2D eigenvalue weighted by Crippen LogP contribution is -1.83. The molecule has 0 unspecified atom stereocenters. The fraction of sp³-hybridized carbons (Fsp3) is 0.250. The van der Waals surface area contributed by atoms with Gasteiger partial charge in [-0.3, -0.25) is 0 Å². The van der Waals surface area contributed by atoms with Crippen LogP contribution in [0.4, 0.5) is 0 Å². The minimum atomic E-state index is 0.728. The molecule has 3 heteroatoms. The minimum Gasteiger partial charge on any atom is -0.497 e. The van der Waals surface area contributed by atoms with Gasteiger partial charge in [0.25, 0.3) is 0 Å². The lowest BCUT2D eigenvalue weighted by atomic mass is 10.1. The van der Waals surface area contributed by atoms with E-state index in [0.717, 1.165) is 34.3 Å². The molecule has 2 rings (SSSR count). The summed E-state index contributed by atoms with van der Waals surface area (Å²) in [6, 6.07) is 7.95. The summed E-state index contributed by atoms with van der Waals surface area (Å²) in [7, 11) is 1.63. The molecule has 76 valence electrons. The summed E-state index contributed by atoms with van der Waals surface area (Å²) in [6.07, 6.45) is 0.833. The molecule has 0 saturated carbocycles. The van der Waals surface area contributed by atoms with E-state index in [-0.39, 0.29) is 0 Å². The Morgan fingerprint density at radius 2 is 2.27 bits per heavy atom. The number of nitrogens with one attached hydrogen (secondary N) is 1. The molecule has 0 fully saturated rings. The summed E-state index contributed by atoms with van der Waals surface area (Å²) in [6.45, 7) is 2.03. The number of ether oxygens (including phenoxy) is 1. The molecule has 3 nitrogen and oxygen atoms in total. The molecule has 1 N–H and O–H groups in total. The zero-order valence-corrected chi connectivity index (χ0v) is 8.79. The molecule has 0 radical (unpaired) electrons. The third-order valence-electron chi connectivity index (χ3n) is 2.55. The Balaban J connectivity index is 2.75. The van der Waals surface area contributed by atoms with Crippen molar-refractivity contribution in [2.45, 2.75) is 13.3 Å². The fourth-order valence-electron chi connectivity index (χ4n) is 1.75. The van der Waals surface area contributed by atoms with Crippen LogP contribution in [0.2, 0.25) is 0 Å². The molecular formula is C12H12N2O. The van der Waals surface area contributed by atoms with Gasteiger partial charge in [-0.15, -0.1) is 0 Å². The Kier molecular flexibility index (Phi) is 2.34. The number of rotatable bonds is 2. The summed E-state index contributed by atoms with van der Waals surface area (Å²) in [4.78, 5) is 3.24. The van der Waals surface area contributed by atoms with Crippen molar-refractivity contribution in [3.63, 3.8) is 0 Å². The molecule has 1 aromatic heterocycles. The highest BCUT2D eigenvalue weighted by Crippen LogP contribution is 2.26. The Bertz CT molecular complexity index is 534. The van der Waals surface area contributed by atoms with Crippen molar-refractivity contribution in [2.24, 2.45) is 0 Å². The molecule has 0 amide bonds. The predicted octanol–water partition coefficient (Wildman–Crippen LogP) is 2.61. The van der Waals surface area contributed by atoms with E-state index < -0.39 is 0 Å². The second kappa shape index (κ2) is 3.66. The maximum absolute atomic E-state index is 9.09. The molecular weight excluding hydrogens is 188 g/mol. The van der Waals surface area contributed by atoms with Crippen molar-refractivity contribution in [3.05, 3.63) is 29.5 Å². The molecule has 0 aliphatic carbocycles. The van der Waals surface area contributed by atoms with Crippen molar-refractivity contribution in [1.29, 1.82) is 5.26 Å². The smallest absolute Gasteiger partial charge is 0.119 e. The number of aryl methyl sites for hydroxylation is 1. The molecule has 1 heterocycles. The van der Waals surface area contributed by atoms with Gasteiger partial charge in [-0.25, -0.2) is 0 Å². The average molecular weight is 200 g/mol. The highest BCUT2D eigenvalue weighted by atomic mass is 16.5. The van der Waals surface area contributed by atoms with Crippen LogP contribution in [0, 0.1) is 11.3 Å². The summed E-state index contributed by atoms with van der Waals surface area (Å²) in [5, 5.41) is 10.0. The molecule has 0 saturated heterocycles. The fourth-order valence-corrected chi connectivity index (χ4v) is 1.75. The van der Waals surface area contributed by atoms with Gasteiger partial charge in [0.1, 0.15) is 11.8 Å². The first kappa shape index (κ1) is 9.60. The summed E-state index contributed by atoms with van der Waals surface area (Å²) < 4.78 is 5.14. The van der Waals surface area contributed by atoms with Crippen LogP contribution in [0.15, 0.2) is 18.2 Å². The van der Waals surface area contributed by atoms with E-state index in [1.807, 2.05) is 25.1 Å². The normalized spacial score (nSPS) is 10.2. The van der Waals surface area contributed by atoms with Crippen molar-refractivity contribution in [3.8, 4) is 11.8 Å². The maximum atomic E-state index is 9.09. The zero-order chi connectivity index (χ0) is 10.8. The van der Waals surface area contributed by atoms with Crippen LogP contribution in [0.5, 0.6) is 5.75 Å². The van der Waals surface area contributed by atoms with E-state index in [2.05, 4.69) is 11.1 Å². The highest BCUT2D eigenvalue weighted by Gasteiger charge is 2.09. The van der Waals surface area contributed by atoms with E-state index in [1.165, 1.54) is 0 Å². The van der Waals surface area contributed by atoms with Crippen LogP contribution in [0.1, 0.15) is 18.2 Å². The van der Waals surface area contributed by atoms with Crippen LogP contribution in [0.3, 0.4) is 0 Å². The number of nitriles is 1. The van der Waals surface area contributed by atoms with Gasteiger partial charge in [-0.1, -0.05) is 6.92 Å². The summed E-state index contributed by atoms with van der Waals surface area (Å²) in [5.41, 5.74) is 2.70. The van der Waals surface area contributed by atoms with Crippen LogP contribution >= 0.6 is 0 Å². The summed E-state index contributed by atoms with van der Waals surface area (Å²) >= 11 is 0. The van der Waals surface area contributed by atoms with Crippen LogP contribution in [-0.4, -0.2) is 12.1 Å². The maximum Gasteiger partial charge on any atom is 0.119 e. The summed E-state index contributed by atoms with van der Waals surface area (Å²) in [5.74, 6) is 0.778. The number of methoxy groups -OCH3 is 1. The Morgan fingerprint density at radius 3 is 2.87 bits per heavy atom. The first-order chi connectivity index (χ1) is 7.30. The van der Waals surface area contributed by atoms with Crippen molar-refractivity contribution in [1.82, 2.24) is 4.98 Å². The van der Waals surface area contributed by atoms with Gasteiger partial charge in [-0.05, 0) is 24.6 Å². The average Bonchev–Trinajstić information content (AvgIpc) is 2.65. The number of fused-ring (bicyclic) bond motifs is 1. The van der Waals surface area contributed by atoms with Crippen molar-refractivity contribution in [2.75, 3.05) is 7.11 Å². The first-order valence-corrected chi connectivity index (χ1v) is 4.88. The van der Waals surface area contributed by atoms with Gasteiger partial charge in [0.2, 0.25) is 0 Å². The van der Waals surface area contributed by atoms with E-state index in [0.29, 0.717) is 0 Å². The van der Waals surface area contributed by atoms with Crippen molar-refractivity contribution < 1.29 is 4.74 Å². The quantitative estimate of drug-likeness (QED) is 0.810. The number of benzene rings is 1. The molecule has 0 spiro atoms. The van der Waals surface area contributed by atoms with Gasteiger partial charge in [-0.2, -0.15) is 5.26 Å². The van der Waals surface area contributed by atoms with Crippen LogP contribution in [-0.2, 0) is 6.42 Å². The largest absolute Gasteiger partial charge is 0.497 e. The SMILES string of the molecule is CCc1[nH]c2ccc(OC)cc2c1C#N. The van der Waals surface area contributed by atoms with Crippen molar-refractivity contribution >= 4 is 10.9 Å². The number of hydrogen-bond donors (Lipinski definition) is 1. The standard InChI is InChI=1S/C12H12N2O/c1-3-11-10(7-13)9-6-8(15-2)4-5-12(9)14-11/h4-6,14H,3H2,1-2H3. The Morgan fingerprint density at radius 1 is 1.47 bits per heavy atom. The van der Waals surface area contributed by atoms with Gasteiger partial charge in [0.05, 0.1) is 12.7 Å².